The molecule has 18 heavy (non-hydrogen) atoms. The zero-order valence-corrected chi connectivity index (χ0v) is 11.2. The van der Waals surface area contributed by atoms with E-state index in [1.165, 1.54) is 0 Å². The Kier molecular flexibility index (Phi) is 3.23. The molecule has 0 bridgehead atoms. The van der Waals surface area contributed by atoms with Gasteiger partial charge in [0.2, 0.25) is 0 Å². The lowest BCUT2D eigenvalue weighted by atomic mass is 10.1. The van der Waals surface area contributed by atoms with Crippen molar-refractivity contribution in [2.75, 3.05) is 6.54 Å². The quantitative estimate of drug-likeness (QED) is 0.792. The summed E-state index contributed by atoms with van der Waals surface area (Å²) in [5.74, 6) is 0. The van der Waals surface area contributed by atoms with Crippen molar-refractivity contribution in [3.05, 3.63) is 0 Å². The number of nitrogens with zero attached hydrogens (tertiary/aromatic N) is 1. The molecule has 0 aromatic rings. The highest BCUT2D eigenvalue weighted by atomic mass is 16.6. The molecule has 0 radical (unpaired) electrons. The first kappa shape index (κ1) is 13.1. The predicted octanol–water partition coefficient (Wildman–Crippen LogP) is 1.15. The van der Waals surface area contributed by atoms with Gasteiger partial charge in [-0.25, -0.2) is 4.79 Å². The molecular weight excluding hydrogens is 234 g/mol. The number of nitrogens with two attached hydrogens (primary N) is 1. The molecule has 0 aromatic carbocycles. The van der Waals surface area contributed by atoms with Gasteiger partial charge >= 0.3 is 6.09 Å². The molecule has 0 spiro atoms. The number of amides is 1. The van der Waals surface area contributed by atoms with E-state index in [2.05, 4.69) is 10.5 Å². The Morgan fingerprint density at radius 2 is 2.28 bits per heavy atom. The predicted molar refractivity (Wildman–Crippen MR) is 67.3 cm³/mol. The van der Waals surface area contributed by atoms with Gasteiger partial charge in [-0.2, -0.15) is 0 Å². The van der Waals surface area contributed by atoms with Crippen molar-refractivity contribution in [1.82, 2.24) is 5.32 Å². The van der Waals surface area contributed by atoms with Gasteiger partial charge in [-0.1, -0.05) is 5.16 Å². The average Bonchev–Trinajstić information content (AvgIpc) is 2.79. The van der Waals surface area contributed by atoms with Crippen molar-refractivity contribution >= 4 is 11.8 Å². The van der Waals surface area contributed by atoms with Gasteiger partial charge in [0, 0.05) is 6.42 Å². The Hall–Kier alpha value is -1.30. The molecule has 1 aliphatic heterocycles. The lowest BCUT2D eigenvalue weighted by molar-refractivity contribution is 0.0439. The monoisotopic (exact) mass is 255 g/mol. The van der Waals surface area contributed by atoms with Crippen molar-refractivity contribution in [2.24, 2.45) is 10.9 Å². The van der Waals surface area contributed by atoms with Crippen LogP contribution in [0.3, 0.4) is 0 Å². The van der Waals surface area contributed by atoms with Gasteiger partial charge < -0.3 is 20.6 Å². The normalized spacial score (nSPS) is 25.1. The van der Waals surface area contributed by atoms with Crippen LogP contribution in [0.1, 0.15) is 40.0 Å². The van der Waals surface area contributed by atoms with Gasteiger partial charge in [-0.05, 0) is 33.6 Å². The van der Waals surface area contributed by atoms with E-state index in [1.807, 2.05) is 20.8 Å². The van der Waals surface area contributed by atoms with Crippen LogP contribution >= 0.6 is 0 Å². The molecule has 1 aliphatic carbocycles. The molecular formula is C12H21N3O3. The van der Waals surface area contributed by atoms with Crippen LogP contribution in [0.5, 0.6) is 0 Å². The van der Waals surface area contributed by atoms with Gasteiger partial charge in [-0.3, -0.25) is 0 Å². The fraction of sp³-hybridized carbons (Fsp3) is 0.833. The van der Waals surface area contributed by atoms with E-state index in [9.17, 15) is 4.79 Å². The molecule has 1 atom stereocenters. The molecule has 1 amide bonds. The molecule has 2 aliphatic rings. The first-order valence-corrected chi connectivity index (χ1v) is 6.27. The van der Waals surface area contributed by atoms with Crippen molar-refractivity contribution < 1.29 is 14.4 Å². The van der Waals surface area contributed by atoms with Crippen LogP contribution in [0, 0.1) is 0 Å². The second-order valence-electron chi connectivity index (χ2n) is 6.01. The van der Waals surface area contributed by atoms with E-state index in [-0.39, 0.29) is 11.6 Å². The maximum Gasteiger partial charge on any atom is 0.407 e. The lowest BCUT2D eigenvalue weighted by Crippen LogP contribution is -2.38. The number of ether oxygens (including phenoxy) is 1. The number of oxime groups is 1. The zero-order chi connectivity index (χ0) is 13.4. The van der Waals surface area contributed by atoms with Crippen LogP contribution in [-0.2, 0) is 9.57 Å². The smallest absolute Gasteiger partial charge is 0.407 e. The molecule has 0 aromatic heterocycles. The lowest BCUT2D eigenvalue weighted by Gasteiger charge is -2.20. The SMILES string of the molecule is CC(C)(C)OC(=O)NCC1CC(C2(N)CC2)=NO1. The summed E-state index contributed by atoms with van der Waals surface area (Å²) in [7, 11) is 0. The Morgan fingerprint density at radius 3 is 2.83 bits per heavy atom. The molecule has 1 unspecified atom stereocenters. The maximum absolute atomic E-state index is 11.5. The molecule has 6 heteroatoms. The minimum Gasteiger partial charge on any atom is -0.444 e. The topological polar surface area (TPSA) is 85.9 Å². The van der Waals surface area contributed by atoms with Crippen molar-refractivity contribution in [2.45, 2.75) is 57.3 Å². The molecule has 1 saturated carbocycles. The first-order valence-electron chi connectivity index (χ1n) is 6.27. The number of alkyl carbamates (subject to hydrolysis) is 1. The van der Waals surface area contributed by atoms with Crippen LogP contribution < -0.4 is 11.1 Å². The summed E-state index contributed by atoms with van der Waals surface area (Å²) in [6.45, 7) is 5.86. The van der Waals surface area contributed by atoms with E-state index in [0.717, 1.165) is 18.6 Å². The fourth-order valence-electron chi connectivity index (χ4n) is 1.77. The van der Waals surface area contributed by atoms with E-state index in [4.69, 9.17) is 15.3 Å². The van der Waals surface area contributed by atoms with Crippen LogP contribution in [0.15, 0.2) is 5.16 Å². The Bertz CT molecular complexity index is 369. The molecule has 3 N–H and O–H groups in total. The number of hydrogen-bond donors (Lipinski definition) is 2. The number of hydrogen-bond acceptors (Lipinski definition) is 5. The summed E-state index contributed by atoms with van der Waals surface area (Å²) in [5, 5.41) is 6.68. The van der Waals surface area contributed by atoms with Crippen molar-refractivity contribution in [3.63, 3.8) is 0 Å². The minimum absolute atomic E-state index is 0.131. The van der Waals surface area contributed by atoms with Crippen molar-refractivity contribution in [3.8, 4) is 0 Å². The number of carbonyl (C=O) groups is 1. The number of rotatable bonds is 3. The van der Waals surface area contributed by atoms with Crippen LogP contribution in [-0.4, -0.2) is 35.6 Å². The number of nitrogens with one attached hydrogen (secondary N) is 1. The summed E-state index contributed by atoms with van der Waals surface area (Å²) in [6.07, 6.45) is 2.07. The highest BCUT2D eigenvalue weighted by Gasteiger charge is 2.46. The average molecular weight is 255 g/mol. The third-order valence-corrected chi connectivity index (χ3v) is 2.97. The van der Waals surface area contributed by atoms with Crippen molar-refractivity contribution in [1.29, 1.82) is 0 Å². The largest absolute Gasteiger partial charge is 0.444 e. The summed E-state index contributed by atoms with van der Waals surface area (Å²) in [6, 6.07) is 0. The second kappa shape index (κ2) is 4.42. The Morgan fingerprint density at radius 1 is 1.61 bits per heavy atom. The molecule has 102 valence electrons. The van der Waals surface area contributed by atoms with E-state index in [1.54, 1.807) is 0 Å². The van der Waals surface area contributed by atoms with Gasteiger partial charge in [0.05, 0.1) is 17.8 Å². The van der Waals surface area contributed by atoms with Crippen LogP contribution in [0.25, 0.3) is 0 Å². The number of carbonyl (C=O) groups excluding carboxylic acids is 1. The van der Waals surface area contributed by atoms with Gasteiger partial charge in [0.25, 0.3) is 0 Å². The summed E-state index contributed by atoms with van der Waals surface area (Å²) >= 11 is 0. The van der Waals surface area contributed by atoms with Gasteiger partial charge in [0.15, 0.2) is 0 Å². The first-order chi connectivity index (χ1) is 8.28. The molecule has 6 nitrogen and oxygen atoms in total. The maximum atomic E-state index is 11.5. The molecule has 2 rings (SSSR count). The highest BCUT2D eigenvalue weighted by molar-refractivity contribution is 5.96. The third kappa shape index (κ3) is 3.35. The van der Waals surface area contributed by atoms with E-state index in [0.29, 0.717) is 13.0 Å². The Balaban J connectivity index is 1.69. The van der Waals surface area contributed by atoms with Gasteiger partial charge in [0.1, 0.15) is 11.7 Å². The fourth-order valence-corrected chi connectivity index (χ4v) is 1.77. The summed E-state index contributed by atoms with van der Waals surface area (Å²) in [4.78, 5) is 16.7. The van der Waals surface area contributed by atoms with E-state index < -0.39 is 11.7 Å². The highest BCUT2D eigenvalue weighted by Crippen LogP contribution is 2.37. The summed E-state index contributed by atoms with van der Waals surface area (Å²) < 4.78 is 5.14. The standard InChI is InChI=1S/C12H21N3O3/c1-11(2,3)17-10(16)14-7-8-6-9(15-18-8)12(13)4-5-12/h8H,4-7,13H2,1-3H3,(H,14,16). The second-order valence-corrected chi connectivity index (χ2v) is 6.01. The van der Waals surface area contributed by atoms with Crippen LogP contribution in [0.2, 0.25) is 0 Å². The molecule has 1 heterocycles. The Labute approximate surface area is 107 Å². The molecule has 0 saturated heterocycles. The van der Waals surface area contributed by atoms with E-state index >= 15 is 0 Å². The third-order valence-electron chi connectivity index (χ3n) is 2.97. The van der Waals surface area contributed by atoms with Gasteiger partial charge in [-0.15, -0.1) is 0 Å². The van der Waals surface area contributed by atoms with Crippen LogP contribution in [0.4, 0.5) is 4.79 Å². The summed E-state index contributed by atoms with van der Waals surface area (Å²) in [5.41, 5.74) is 6.22. The minimum atomic E-state index is -0.488. The zero-order valence-electron chi connectivity index (χ0n) is 11.2. The molecule has 1 fully saturated rings.